The molecule has 1 unspecified atom stereocenters. The van der Waals surface area contributed by atoms with E-state index in [1.165, 1.54) is 0 Å². The molecule has 1 aliphatic rings. The first-order valence-corrected chi connectivity index (χ1v) is 5.27. The molecule has 4 heteroatoms. The number of morpholine rings is 1. The van der Waals surface area contributed by atoms with Gasteiger partial charge in [0.1, 0.15) is 0 Å². The first-order valence-electron chi connectivity index (χ1n) is 5.27. The van der Waals surface area contributed by atoms with Crippen molar-refractivity contribution in [3.63, 3.8) is 0 Å². The molecule has 0 amide bonds. The second-order valence-electron chi connectivity index (χ2n) is 3.66. The van der Waals surface area contributed by atoms with Gasteiger partial charge in [-0.1, -0.05) is 13.8 Å². The quantitative estimate of drug-likeness (QED) is 0.736. The van der Waals surface area contributed by atoms with Gasteiger partial charge in [-0.3, -0.25) is 4.90 Å². The molecule has 4 nitrogen and oxygen atoms in total. The highest BCUT2D eigenvalue weighted by Gasteiger charge is 2.28. The third-order valence-corrected chi connectivity index (χ3v) is 2.83. The molecule has 1 heterocycles. The summed E-state index contributed by atoms with van der Waals surface area (Å²) in [5.41, 5.74) is 0. The van der Waals surface area contributed by atoms with Gasteiger partial charge in [-0.05, 0) is 12.8 Å². The van der Waals surface area contributed by atoms with Crippen molar-refractivity contribution < 1.29 is 14.6 Å². The highest BCUT2D eigenvalue weighted by Crippen LogP contribution is 2.13. The number of carboxylic acids is 1. The van der Waals surface area contributed by atoms with Gasteiger partial charge in [-0.25, -0.2) is 4.79 Å². The summed E-state index contributed by atoms with van der Waals surface area (Å²) in [4.78, 5) is 13.0. The summed E-state index contributed by atoms with van der Waals surface area (Å²) in [6, 6.07) is 0.501. The Kier molecular flexibility index (Phi) is 4.35. The lowest BCUT2D eigenvalue weighted by atomic mass is 10.1. The van der Waals surface area contributed by atoms with Crippen LogP contribution in [0.3, 0.4) is 0 Å². The van der Waals surface area contributed by atoms with Gasteiger partial charge in [-0.2, -0.15) is 0 Å². The molecular weight excluding hydrogens is 182 g/mol. The molecule has 1 rings (SSSR count). The van der Waals surface area contributed by atoms with E-state index in [1.54, 1.807) is 0 Å². The van der Waals surface area contributed by atoms with E-state index in [4.69, 9.17) is 9.84 Å². The van der Waals surface area contributed by atoms with E-state index < -0.39 is 12.1 Å². The van der Waals surface area contributed by atoms with Crippen molar-refractivity contribution in [2.24, 2.45) is 0 Å². The summed E-state index contributed by atoms with van der Waals surface area (Å²) in [5.74, 6) is -0.847. The number of carboxylic acid groups (broad SMARTS) is 1. The van der Waals surface area contributed by atoms with Crippen molar-refractivity contribution in [3.8, 4) is 0 Å². The summed E-state index contributed by atoms with van der Waals surface area (Å²) < 4.78 is 5.17. The Balaban J connectivity index is 2.50. The highest BCUT2D eigenvalue weighted by atomic mass is 16.5. The zero-order valence-corrected chi connectivity index (χ0v) is 8.90. The van der Waals surface area contributed by atoms with E-state index in [9.17, 15) is 4.79 Å². The van der Waals surface area contributed by atoms with Gasteiger partial charge < -0.3 is 9.84 Å². The largest absolute Gasteiger partial charge is 0.479 e. The van der Waals surface area contributed by atoms with E-state index in [1.807, 2.05) is 0 Å². The first kappa shape index (κ1) is 11.5. The Morgan fingerprint density at radius 3 is 2.71 bits per heavy atom. The van der Waals surface area contributed by atoms with Crippen molar-refractivity contribution >= 4 is 5.97 Å². The van der Waals surface area contributed by atoms with Gasteiger partial charge in [0.15, 0.2) is 6.10 Å². The van der Waals surface area contributed by atoms with Gasteiger partial charge in [0.05, 0.1) is 6.61 Å². The molecule has 0 saturated carbocycles. The number of rotatable bonds is 4. The van der Waals surface area contributed by atoms with Crippen LogP contribution in [0, 0.1) is 0 Å². The molecule has 0 aromatic rings. The average molecular weight is 201 g/mol. The van der Waals surface area contributed by atoms with Crippen LogP contribution in [0.15, 0.2) is 0 Å². The zero-order chi connectivity index (χ0) is 10.6. The van der Waals surface area contributed by atoms with Crippen molar-refractivity contribution in [1.82, 2.24) is 4.90 Å². The van der Waals surface area contributed by atoms with Gasteiger partial charge in [0.25, 0.3) is 0 Å². The molecule has 82 valence electrons. The smallest absolute Gasteiger partial charge is 0.334 e. The number of carbonyl (C=O) groups is 1. The van der Waals surface area contributed by atoms with Crippen molar-refractivity contribution in [1.29, 1.82) is 0 Å². The maximum absolute atomic E-state index is 10.7. The Bertz CT molecular complexity index is 192. The number of nitrogens with zero attached hydrogens (tertiary/aromatic N) is 1. The third kappa shape index (κ3) is 2.69. The number of hydrogen-bond donors (Lipinski definition) is 1. The van der Waals surface area contributed by atoms with E-state index in [0.717, 1.165) is 19.4 Å². The Hall–Kier alpha value is -0.610. The average Bonchev–Trinajstić information content (AvgIpc) is 2.20. The summed E-state index contributed by atoms with van der Waals surface area (Å²) >= 11 is 0. The molecule has 14 heavy (non-hydrogen) atoms. The minimum atomic E-state index is -0.847. The SMILES string of the molecule is CCC(CC)N1CCOC(C(=O)O)C1. The van der Waals surface area contributed by atoms with Crippen LogP contribution in [0.25, 0.3) is 0 Å². The van der Waals surface area contributed by atoms with E-state index >= 15 is 0 Å². The molecule has 1 aliphatic heterocycles. The molecule has 0 spiro atoms. The van der Waals surface area contributed by atoms with Crippen LogP contribution < -0.4 is 0 Å². The molecule has 1 atom stereocenters. The molecule has 0 aromatic heterocycles. The molecular formula is C10H19NO3. The normalized spacial score (nSPS) is 24.1. The van der Waals surface area contributed by atoms with Crippen LogP contribution in [-0.4, -0.2) is 47.8 Å². The van der Waals surface area contributed by atoms with E-state index in [0.29, 0.717) is 19.2 Å². The van der Waals surface area contributed by atoms with Crippen LogP contribution >= 0.6 is 0 Å². The lowest BCUT2D eigenvalue weighted by molar-refractivity contribution is -0.157. The number of hydrogen-bond acceptors (Lipinski definition) is 3. The highest BCUT2D eigenvalue weighted by molar-refractivity contribution is 5.72. The Labute approximate surface area is 84.8 Å². The topological polar surface area (TPSA) is 49.8 Å². The standard InChI is InChI=1S/C10H19NO3/c1-3-8(4-2)11-5-6-14-9(7-11)10(12)13/h8-9H,3-7H2,1-2H3,(H,12,13). The molecule has 0 aromatic carbocycles. The van der Waals surface area contributed by atoms with Crippen LogP contribution in [0.2, 0.25) is 0 Å². The number of ether oxygens (including phenoxy) is 1. The van der Waals surface area contributed by atoms with Crippen molar-refractivity contribution in [2.75, 3.05) is 19.7 Å². The maximum Gasteiger partial charge on any atom is 0.334 e. The molecule has 1 saturated heterocycles. The van der Waals surface area contributed by atoms with Crippen LogP contribution in [0.5, 0.6) is 0 Å². The number of aliphatic carboxylic acids is 1. The van der Waals surface area contributed by atoms with Crippen LogP contribution in [0.1, 0.15) is 26.7 Å². The minimum Gasteiger partial charge on any atom is -0.479 e. The molecule has 1 fully saturated rings. The van der Waals surface area contributed by atoms with E-state index in [2.05, 4.69) is 18.7 Å². The lowest BCUT2D eigenvalue weighted by Gasteiger charge is -2.36. The predicted octanol–water partition coefficient (Wildman–Crippen LogP) is 0.960. The second kappa shape index (κ2) is 5.32. The zero-order valence-electron chi connectivity index (χ0n) is 8.90. The van der Waals surface area contributed by atoms with Crippen LogP contribution in [-0.2, 0) is 9.53 Å². The van der Waals surface area contributed by atoms with Gasteiger partial charge in [0.2, 0.25) is 0 Å². The van der Waals surface area contributed by atoms with Gasteiger partial charge in [0, 0.05) is 19.1 Å². The van der Waals surface area contributed by atoms with Gasteiger partial charge >= 0.3 is 5.97 Å². The van der Waals surface area contributed by atoms with Crippen molar-refractivity contribution in [2.45, 2.75) is 38.8 Å². The predicted molar refractivity (Wildman–Crippen MR) is 53.3 cm³/mol. The second-order valence-corrected chi connectivity index (χ2v) is 3.66. The van der Waals surface area contributed by atoms with Crippen molar-refractivity contribution in [3.05, 3.63) is 0 Å². The lowest BCUT2D eigenvalue weighted by Crippen LogP contribution is -2.49. The summed E-state index contributed by atoms with van der Waals surface area (Å²) in [7, 11) is 0. The monoisotopic (exact) mass is 201 g/mol. The summed E-state index contributed by atoms with van der Waals surface area (Å²) in [5, 5.41) is 8.83. The first-order chi connectivity index (χ1) is 6.69. The molecule has 1 N–H and O–H groups in total. The molecule has 0 radical (unpaired) electrons. The van der Waals surface area contributed by atoms with Crippen LogP contribution in [0.4, 0.5) is 0 Å². The van der Waals surface area contributed by atoms with E-state index in [-0.39, 0.29) is 0 Å². The summed E-state index contributed by atoms with van der Waals surface area (Å²) in [6.07, 6.45) is 1.51. The fraction of sp³-hybridized carbons (Fsp3) is 0.900. The fourth-order valence-electron chi connectivity index (χ4n) is 1.96. The molecule has 0 bridgehead atoms. The molecule has 0 aliphatic carbocycles. The maximum atomic E-state index is 10.7. The Morgan fingerprint density at radius 2 is 2.21 bits per heavy atom. The fourth-order valence-corrected chi connectivity index (χ4v) is 1.96. The third-order valence-electron chi connectivity index (χ3n) is 2.83. The summed E-state index contributed by atoms with van der Waals surface area (Å²) in [6.45, 7) is 6.20. The Morgan fingerprint density at radius 1 is 1.57 bits per heavy atom. The van der Waals surface area contributed by atoms with Gasteiger partial charge in [-0.15, -0.1) is 0 Å². The minimum absolute atomic E-state index is 0.501.